The van der Waals surface area contributed by atoms with Crippen molar-refractivity contribution in [1.82, 2.24) is 5.32 Å². The van der Waals surface area contributed by atoms with Crippen LogP contribution in [0.1, 0.15) is 18.9 Å². The Balaban J connectivity index is 2.06. The minimum atomic E-state index is 0.537. The average Bonchev–Trinajstić information content (AvgIpc) is 2.68. The first-order valence-corrected chi connectivity index (χ1v) is 6.65. The normalized spacial score (nSPS) is 20.5. The van der Waals surface area contributed by atoms with Crippen molar-refractivity contribution in [2.45, 2.75) is 36.0 Å². The van der Waals surface area contributed by atoms with E-state index in [1.807, 2.05) is 11.8 Å². The van der Waals surface area contributed by atoms with Crippen molar-refractivity contribution < 1.29 is 0 Å². The Hall–Kier alpha value is -0.730. The summed E-state index contributed by atoms with van der Waals surface area (Å²) in [5, 5.41) is 4.08. The molecule has 0 saturated heterocycles. The summed E-state index contributed by atoms with van der Waals surface area (Å²) in [6.07, 6.45) is 2.25. The third kappa shape index (κ3) is 2.50. The lowest BCUT2D eigenvalue weighted by molar-refractivity contribution is 0.535. The monoisotopic (exact) mass is 233 g/mol. The summed E-state index contributed by atoms with van der Waals surface area (Å²) in [6.45, 7) is 6.12. The van der Waals surface area contributed by atoms with E-state index in [0.717, 1.165) is 6.42 Å². The number of thioether (sulfide) groups is 1. The van der Waals surface area contributed by atoms with Crippen molar-refractivity contribution in [2.75, 3.05) is 7.05 Å². The second kappa shape index (κ2) is 5.07. The maximum Gasteiger partial charge on any atom is 0.0292 e. The molecule has 0 saturated carbocycles. The first kappa shape index (κ1) is 11.7. The van der Waals surface area contributed by atoms with E-state index in [-0.39, 0.29) is 0 Å². The SMILES string of the molecule is C=C(C)CC(NC)C1Cc2ccccc2S1. The Morgan fingerprint density at radius 2 is 2.31 bits per heavy atom. The van der Waals surface area contributed by atoms with Crippen molar-refractivity contribution >= 4 is 11.8 Å². The molecule has 16 heavy (non-hydrogen) atoms. The lowest BCUT2D eigenvalue weighted by Gasteiger charge is -2.22. The van der Waals surface area contributed by atoms with Gasteiger partial charge in [0.15, 0.2) is 0 Å². The lowest BCUT2D eigenvalue weighted by Crippen LogP contribution is -2.35. The van der Waals surface area contributed by atoms with Gasteiger partial charge in [0.1, 0.15) is 0 Å². The maximum absolute atomic E-state index is 4.01. The van der Waals surface area contributed by atoms with E-state index in [4.69, 9.17) is 0 Å². The molecule has 1 N–H and O–H groups in total. The fraction of sp³-hybridized carbons (Fsp3) is 0.429. The van der Waals surface area contributed by atoms with Crippen LogP contribution in [0.4, 0.5) is 0 Å². The smallest absolute Gasteiger partial charge is 0.0292 e. The number of benzene rings is 1. The van der Waals surface area contributed by atoms with Crippen LogP contribution in [-0.2, 0) is 6.42 Å². The van der Waals surface area contributed by atoms with Gasteiger partial charge in [-0.15, -0.1) is 18.3 Å². The van der Waals surface area contributed by atoms with E-state index < -0.39 is 0 Å². The molecule has 0 spiro atoms. The summed E-state index contributed by atoms with van der Waals surface area (Å²) in [5.41, 5.74) is 2.76. The second-order valence-corrected chi connectivity index (χ2v) is 5.81. The summed E-state index contributed by atoms with van der Waals surface area (Å²) < 4.78 is 0. The van der Waals surface area contributed by atoms with Gasteiger partial charge in [0, 0.05) is 16.2 Å². The molecule has 0 bridgehead atoms. The highest BCUT2D eigenvalue weighted by Gasteiger charge is 2.28. The second-order valence-electron chi connectivity index (χ2n) is 4.52. The molecule has 0 fully saturated rings. The third-order valence-corrected chi connectivity index (χ3v) is 4.51. The van der Waals surface area contributed by atoms with Crippen LogP contribution >= 0.6 is 11.8 Å². The van der Waals surface area contributed by atoms with Gasteiger partial charge in [-0.3, -0.25) is 0 Å². The minimum Gasteiger partial charge on any atom is -0.316 e. The van der Waals surface area contributed by atoms with E-state index in [9.17, 15) is 0 Å². The van der Waals surface area contributed by atoms with Crippen LogP contribution in [0.25, 0.3) is 0 Å². The minimum absolute atomic E-state index is 0.537. The van der Waals surface area contributed by atoms with E-state index >= 15 is 0 Å². The van der Waals surface area contributed by atoms with E-state index in [2.05, 4.69) is 50.1 Å². The molecule has 1 nitrogen and oxygen atoms in total. The van der Waals surface area contributed by atoms with E-state index in [0.29, 0.717) is 11.3 Å². The highest BCUT2D eigenvalue weighted by molar-refractivity contribution is 8.00. The zero-order valence-electron chi connectivity index (χ0n) is 9.99. The number of hydrogen-bond donors (Lipinski definition) is 1. The standard InChI is InChI=1S/C14H19NS/c1-10(2)8-12(15-3)14-9-11-6-4-5-7-13(11)16-14/h4-7,12,14-15H,1,8-9H2,2-3H3. The lowest BCUT2D eigenvalue weighted by atomic mass is 10.0. The van der Waals surface area contributed by atoms with E-state index in [1.54, 1.807) is 0 Å². The Morgan fingerprint density at radius 1 is 1.56 bits per heavy atom. The maximum atomic E-state index is 4.01. The largest absolute Gasteiger partial charge is 0.316 e. The van der Waals surface area contributed by atoms with Gasteiger partial charge >= 0.3 is 0 Å². The number of nitrogens with one attached hydrogen (secondary N) is 1. The van der Waals surface area contributed by atoms with Crippen LogP contribution in [0.2, 0.25) is 0 Å². The number of rotatable bonds is 4. The van der Waals surface area contributed by atoms with Gasteiger partial charge in [-0.25, -0.2) is 0 Å². The van der Waals surface area contributed by atoms with Crippen molar-refractivity contribution in [1.29, 1.82) is 0 Å². The molecular formula is C14H19NS. The average molecular weight is 233 g/mol. The number of hydrogen-bond acceptors (Lipinski definition) is 2. The van der Waals surface area contributed by atoms with Crippen LogP contribution in [0.3, 0.4) is 0 Å². The van der Waals surface area contributed by atoms with Gasteiger partial charge in [0.2, 0.25) is 0 Å². The predicted molar refractivity (Wildman–Crippen MR) is 72.1 cm³/mol. The molecule has 0 radical (unpaired) electrons. The molecule has 2 unspecified atom stereocenters. The highest BCUT2D eigenvalue weighted by Crippen LogP contribution is 2.39. The summed E-state index contributed by atoms with van der Waals surface area (Å²) in [5.74, 6) is 0. The zero-order chi connectivity index (χ0) is 11.5. The van der Waals surface area contributed by atoms with Crippen LogP contribution in [-0.4, -0.2) is 18.3 Å². The van der Waals surface area contributed by atoms with Gasteiger partial charge in [-0.2, -0.15) is 0 Å². The molecule has 2 rings (SSSR count). The Morgan fingerprint density at radius 3 is 2.94 bits per heavy atom. The van der Waals surface area contributed by atoms with Crippen molar-refractivity contribution in [3.63, 3.8) is 0 Å². The van der Waals surface area contributed by atoms with Crippen molar-refractivity contribution in [3.8, 4) is 0 Å². The van der Waals surface area contributed by atoms with Gasteiger partial charge in [-0.1, -0.05) is 23.8 Å². The molecular weight excluding hydrogens is 214 g/mol. The molecule has 1 aromatic rings. The topological polar surface area (TPSA) is 12.0 Å². The van der Waals surface area contributed by atoms with Crippen LogP contribution in [0.15, 0.2) is 41.3 Å². The highest BCUT2D eigenvalue weighted by atomic mass is 32.2. The third-order valence-electron chi connectivity index (χ3n) is 3.06. The summed E-state index contributed by atoms with van der Waals surface area (Å²) in [6, 6.07) is 9.27. The molecule has 1 aliphatic heterocycles. The van der Waals surface area contributed by atoms with Gasteiger partial charge in [0.05, 0.1) is 0 Å². The predicted octanol–water partition coefficient (Wildman–Crippen LogP) is 3.26. The van der Waals surface area contributed by atoms with Gasteiger partial charge < -0.3 is 5.32 Å². The molecule has 1 aliphatic rings. The van der Waals surface area contributed by atoms with Crippen LogP contribution in [0, 0.1) is 0 Å². The molecule has 2 heteroatoms. The molecule has 0 amide bonds. The molecule has 0 aliphatic carbocycles. The zero-order valence-corrected chi connectivity index (χ0v) is 10.8. The Labute approximate surface area is 102 Å². The molecule has 86 valence electrons. The van der Waals surface area contributed by atoms with E-state index in [1.165, 1.54) is 22.5 Å². The van der Waals surface area contributed by atoms with Crippen molar-refractivity contribution in [2.24, 2.45) is 0 Å². The number of fused-ring (bicyclic) bond motifs is 1. The van der Waals surface area contributed by atoms with Crippen LogP contribution in [0.5, 0.6) is 0 Å². The summed E-state index contributed by atoms with van der Waals surface area (Å²) >= 11 is 2.01. The van der Waals surface area contributed by atoms with Crippen LogP contribution < -0.4 is 5.32 Å². The quantitative estimate of drug-likeness (QED) is 0.801. The molecule has 0 aromatic heterocycles. The molecule has 2 atom stereocenters. The van der Waals surface area contributed by atoms with Gasteiger partial charge in [-0.05, 0) is 38.4 Å². The summed E-state index contributed by atoms with van der Waals surface area (Å²) in [4.78, 5) is 1.45. The molecule has 1 aromatic carbocycles. The van der Waals surface area contributed by atoms with Crippen molar-refractivity contribution in [3.05, 3.63) is 42.0 Å². The fourth-order valence-corrected chi connectivity index (χ4v) is 3.67. The fourth-order valence-electron chi connectivity index (χ4n) is 2.23. The summed E-state index contributed by atoms with van der Waals surface area (Å²) in [7, 11) is 2.05. The first-order chi connectivity index (χ1) is 7.70. The Bertz CT molecular complexity index is 361. The first-order valence-electron chi connectivity index (χ1n) is 5.77. The Kier molecular flexibility index (Phi) is 3.72. The molecule has 1 heterocycles. The van der Waals surface area contributed by atoms with Gasteiger partial charge in [0.25, 0.3) is 0 Å².